The van der Waals surface area contributed by atoms with Gasteiger partial charge in [0.2, 0.25) is 0 Å². The van der Waals surface area contributed by atoms with Crippen LogP contribution in [0.3, 0.4) is 0 Å². The molecule has 1 N–H and O–H groups in total. The molecule has 0 fully saturated rings. The van der Waals surface area contributed by atoms with Gasteiger partial charge in [0.1, 0.15) is 11.6 Å². The van der Waals surface area contributed by atoms with Crippen molar-refractivity contribution in [3.63, 3.8) is 0 Å². The number of nitrogens with zero attached hydrogens (tertiary/aromatic N) is 1. The van der Waals surface area contributed by atoms with Crippen molar-refractivity contribution >= 4 is 48.6 Å². The molecule has 0 atom stereocenters. The zero-order valence-corrected chi connectivity index (χ0v) is 12.9. The van der Waals surface area contributed by atoms with E-state index in [9.17, 15) is 0 Å². The molecular weight excluding hydrogens is 348 g/mol. The maximum absolute atomic E-state index is 5.41. The molecule has 2 rings (SSSR count). The third-order valence-corrected chi connectivity index (χ3v) is 3.79. The molecule has 0 aliphatic rings. The molecule has 1 aromatic carbocycles. The first kappa shape index (κ1) is 12.6. The molecule has 17 heavy (non-hydrogen) atoms. The Morgan fingerprint density at radius 1 is 1.24 bits per heavy atom. The Balaban J connectivity index is 2.88. The summed E-state index contributed by atoms with van der Waals surface area (Å²) >= 11 is 7.01. The molecule has 90 valence electrons. The summed E-state index contributed by atoms with van der Waals surface area (Å²) in [4.78, 5) is 4.58. The first-order chi connectivity index (χ1) is 8.08. The van der Waals surface area contributed by atoms with E-state index in [0.29, 0.717) is 0 Å². The second-order valence-corrected chi connectivity index (χ2v) is 5.38. The van der Waals surface area contributed by atoms with Gasteiger partial charge < -0.3 is 10.1 Å². The smallest absolute Gasteiger partial charge is 0.142 e. The number of rotatable bonds is 2. The Bertz CT molecular complexity index is 584. The highest BCUT2D eigenvalue weighted by molar-refractivity contribution is 9.11. The van der Waals surface area contributed by atoms with E-state index in [1.54, 1.807) is 7.11 Å². The first-order valence-corrected chi connectivity index (χ1v) is 6.68. The van der Waals surface area contributed by atoms with Crippen LogP contribution in [-0.2, 0) is 0 Å². The van der Waals surface area contributed by atoms with E-state index >= 15 is 0 Å². The van der Waals surface area contributed by atoms with Crippen LogP contribution in [0.5, 0.6) is 5.75 Å². The minimum absolute atomic E-state index is 0.807. The second-order valence-electron chi connectivity index (χ2n) is 3.67. The van der Waals surface area contributed by atoms with E-state index in [4.69, 9.17) is 4.74 Å². The van der Waals surface area contributed by atoms with E-state index in [-0.39, 0.29) is 0 Å². The maximum Gasteiger partial charge on any atom is 0.142 e. The van der Waals surface area contributed by atoms with Gasteiger partial charge in [0.25, 0.3) is 0 Å². The van der Waals surface area contributed by atoms with Gasteiger partial charge in [-0.15, -0.1) is 0 Å². The standard InChI is InChI=1S/C12H12Br2N2O/c1-6-4-7-10(16-12(6)15-2)8(13)5-9(14)11(7)17-3/h4-5H,1-3H3,(H,15,16). The molecule has 0 saturated carbocycles. The minimum atomic E-state index is 0.807. The van der Waals surface area contributed by atoms with Crippen LogP contribution in [0, 0.1) is 6.92 Å². The molecule has 0 unspecified atom stereocenters. The third kappa shape index (κ3) is 2.13. The summed E-state index contributed by atoms with van der Waals surface area (Å²) in [6, 6.07) is 4.02. The van der Waals surface area contributed by atoms with Gasteiger partial charge in [0.15, 0.2) is 0 Å². The number of ether oxygens (including phenoxy) is 1. The van der Waals surface area contributed by atoms with Crippen LogP contribution in [0.25, 0.3) is 10.9 Å². The number of hydrogen-bond donors (Lipinski definition) is 1. The maximum atomic E-state index is 5.41. The second kappa shape index (κ2) is 4.82. The number of nitrogens with one attached hydrogen (secondary N) is 1. The minimum Gasteiger partial charge on any atom is -0.495 e. The lowest BCUT2D eigenvalue weighted by atomic mass is 10.1. The number of pyridine rings is 1. The van der Waals surface area contributed by atoms with Crippen molar-refractivity contribution in [2.45, 2.75) is 6.92 Å². The van der Waals surface area contributed by atoms with Gasteiger partial charge in [-0.25, -0.2) is 4.98 Å². The molecule has 0 spiro atoms. The Labute approximate surface area is 117 Å². The zero-order valence-electron chi connectivity index (χ0n) is 9.77. The predicted octanol–water partition coefficient (Wildman–Crippen LogP) is 4.12. The van der Waals surface area contributed by atoms with Crippen LogP contribution in [0.2, 0.25) is 0 Å². The van der Waals surface area contributed by atoms with Crippen molar-refractivity contribution in [3.8, 4) is 5.75 Å². The largest absolute Gasteiger partial charge is 0.495 e. The summed E-state index contributed by atoms with van der Waals surface area (Å²) in [5.41, 5.74) is 1.98. The number of halogens is 2. The zero-order chi connectivity index (χ0) is 12.6. The summed E-state index contributed by atoms with van der Waals surface area (Å²) in [5, 5.41) is 4.07. The SMILES string of the molecule is CNc1nc2c(Br)cc(Br)c(OC)c2cc1C. The fourth-order valence-electron chi connectivity index (χ4n) is 1.80. The fourth-order valence-corrected chi connectivity index (χ4v) is 3.25. The monoisotopic (exact) mass is 358 g/mol. The summed E-state index contributed by atoms with van der Waals surface area (Å²) in [5.74, 6) is 1.68. The molecule has 1 aromatic heterocycles. The Morgan fingerprint density at radius 3 is 2.53 bits per heavy atom. The lowest BCUT2D eigenvalue weighted by Gasteiger charge is -2.12. The molecule has 0 aliphatic heterocycles. The number of fused-ring (bicyclic) bond motifs is 1. The molecule has 3 nitrogen and oxygen atoms in total. The van der Waals surface area contributed by atoms with Crippen LogP contribution in [0.1, 0.15) is 5.56 Å². The number of aryl methyl sites for hydroxylation is 1. The fraction of sp³-hybridized carbons (Fsp3) is 0.250. The van der Waals surface area contributed by atoms with Gasteiger partial charge in [-0.05, 0) is 56.5 Å². The highest BCUT2D eigenvalue weighted by atomic mass is 79.9. The molecular formula is C12H12Br2N2O. The number of methoxy groups -OCH3 is 1. The van der Waals surface area contributed by atoms with Gasteiger partial charge in [-0.2, -0.15) is 0 Å². The van der Waals surface area contributed by atoms with Crippen molar-refractivity contribution in [3.05, 3.63) is 26.6 Å². The summed E-state index contributed by atoms with van der Waals surface area (Å²) in [6.07, 6.45) is 0. The van der Waals surface area contributed by atoms with Crippen molar-refractivity contribution in [2.24, 2.45) is 0 Å². The van der Waals surface area contributed by atoms with Crippen LogP contribution in [-0.4, -0.2) is 19.1 Å². The van der Waals surface area contributed by atoms with Gasteiger partial charge in [0, 0.05) is 16.9 Å². The normalized spacial score (nSPS) is 10.6. The Hall–Kier alpha value is -0.810. The van der Waals surface area contributed by atoms with Gasteiger partial charge >= 0.3 is 0 Å². The number of aromatic nitrogens is 1. The van der Waals surface area contributed by atoms with Crippen LogP contribution in [0.4, 0.5) is 5.82 Å². The van der Waals surface area contributed by atoms with Crippen molar-refractivity contribution < 1.29 is 4.74 Å². The number of benzene rings is 1. The van der Waals surface area contributed by atoms with E-state index in [0.717, 1.165) is 37.0 Å². The molecule has 0 saturated heterocycles. The highest BCUT2D eigenvalue weighted by Gasteiger charge is 2.13. The van der Waals surface area contributed by atoms with E-state index in [2.05, 4.69) is 48.2 Å². The van der Waals surface area contributed by atoms with Crippen LogP contribution < -0.4 is 10.1 Å². The first-order valence-electron chi connectivity index (χ1n) is 5.09. The molecule has 5 heteroatoms. The average molecular weight is 360 g/mol. The van der Waals surface area contributed by atoms with E-state index < -0.39 is 0 Å². The third-order valence-electron chi connectivity index (χ3n) is 2.60. The quantitative estimate of drug-likeness (QED) is 0.875. The summed E-state index contributed by atoms with van der Waals surface area (Å²) in [7, 11) is 3.53. The molecule has 0 aliphatic carbocycles. The average Bonchev–Trinajstić information content (AvgIpc) is 2.29. The molecule has 2 aromatic rings. The lowest BCUT2D eigenvalue weighted by molar-refractivity contribution is 0.417. The number of anilines is 1. The Morgan fingerprint density at radius 2 is 1.94 bits per heavy atom. The summed E-state index contributed by atoms with van der Waals surface area (Å²) in [6.45, 7) is 2.02. The van der Waals surface area contributed by atoms with Crippen molar-refractivity contribution in [1.82, 2.24) is 4.98 Å². The topological polar surface area (TPSA) is 34.2 Å². The van der Waals surface area contributed by atoms with Crippen LogP contribution in [0.15, 0.2) is 21.1 Å². The van der Waals surface area contributed by atoms with E-state index in [1.807, 2.05) is 20.0 Å². The lowest BCUT2D eigenvalue weighted by Crippen LogP contribution is -1.98. The Kier molecular flexibility index (Phi) is 3.58. The van der Waals surface area contributed by atoms with Gasteiger partial charge in [0.05, 0.1) is 17.1 Å². The van der Waals surface area contributed by atoms with Crippen LogP contribution >= 0.6 is 31.9 Å². The summed E-state index contributed by atoms with van der Waals surface area (Å²) < 4.78 is 7.27. The van der Waals surface area contributed by atoms with E-state index in [1.165, 1.54) is 0 Å². The van der Waals surface area contributed by atoms with Gasteiger partial charge in [-0.1, -0.05) is 0 Å². The predicted molar refractivity (Wildman–Crippen MR) is 78.0 cm³/mol. The molecule has 0 bridgehead atoms. The molecule has 1 heterocycles. The van der Waals surface area contributed by atoms with Gasteiger partial charge in [-0.3, -0.25) is 0 Å². The van der Waals surface area contributed by atoms with Crippen molar-refractivity contribution in [2.75, 3.05) is 19.5 Å². The number of hydrogen-bond acceptors (Lipinski definition) is 3. The molecule has 0 amide bonds. The van der Waals surface area contributed by atoms with Crippen molar-refractivity contribution in [1.29, 1.82) is 0 Å². The molecule has 0 radical (unpaired) electrons. The highest BCUT2D eigenvalue weighted by Crippen LogP contribution is 2.38.